The van der Waals surface area contributed by atoms with Gasteiger partial charge in [-0.05, 0) is 30.8 Å². The molecule has 1 aromatic rings. The van der Waals surface area contributed by atoms with Crippen molar-refractivity contribution in [1.29, 1.82) is 0 Å². The Bertz CT molecular complexity index is 443. The van der Waals surface area contributed by atoms with Crippen molar-refractivity contribution in [1.82, 2.24) is 5.32 Å². The second-order valence-electron chi connectivity index (χ2n) is 3.36. The minimum atomic E-state index is -4.40. The van der Waals surface area contributed by atoms with Gasteiger partial charge in [-0.25, -0.2) is 0 Å². The molecule has 1 aromatic carbocycles. The number of rotatable bonds is 2. The number of nitrogens with one attached hydrogen (secondary N) is 1. The molecule has 0 fully saturated rings. The Balaban J connectivity index is 3.07. The molecule has 0 aliphatic heterocycles. The number of halogens is 3. The molecule has 0 radical (unpaired) electrons. The van der Waals surface area contributed by atoms with E-state index in [-0.39, 0.29) is 5.56 Å². The smallest absolute Gasteiger partial charge is 0.392 e. The minimum absolute atomic E-state index is 0.184. The van der Waals surface area contributed by atoms with E-state index in [1.165, 1.54) is 6.07 Å². The van der Waals surface area contributed by atoms with Crippen molar-refractivity contribution in [3.05, 3.63) is 34.9 Å². The Morgan fingerprint density at radius 1 is 1.35 bits per heavy atom. The zero-order valence-corrected chi connectivity index (χ0v) is 9.23. The van der Waals surface area contributed by atoms with Gasteiger partial charge in [0.1, 0.15) is 0 Å². The Morgan fingerprint density at radius 3 is 2.59 bits per heavy atom. The summed E-state index contributed by atoms with van der Waals surface area (Å²) in [6.45, 7) is -0.0284. The lowest BCUT2D eigenvalue weighted by Gasteiger charge is -2.09. The third-order valence-corrected chi connectivity index (χ3v) is 2.09. The van der Waals surface area contributed by atoms with E-state index in [4.69, 9.17) is 5.11 Å². The van der Waals surface area contributed by atoms with Gasteiger partial charge in [0.25, 0.3) is 0 Å². The molecule has 0 unspecified atom stereocenters. The zero-order valence-electron chi connectivity index (χ0n) is 9.23. The van der Waals surface area contributed by atoms with Crippen LogP contribution in [0.4, 0.5) is 13.2 Å². The number of alkyl halides is 3. The van der Waals surface area contributed by atoms with Gasteiger partial charge in [0.15, 0.2) is 0 Å². The lowest BCUT2D eigenvalue weighted by atomic mass is 10.0. The fourth-order valence-electron chi connectivity index (χ4n) is 1.25. The Kier molecular flexibility index (Phi) is 4.55. The minimum Gasteiger partial charge on any atom is -0.392 e. The molecule has 0 saturated carbocycles. The first-order chi connectivity index (χ1) is 7.99. The molecule has 0 bridgehead atoms. The van der Waals surface area contributed by atoms with Gasteiger partial charge in [-0.3, -0.25) is 0 Å². The molecule has 0 amide bonds. The first-order valence-electron chi connectivity index (χ1n) is 4.93. The second kappa shape index (κ2) is 5.71. The highest BCUT2D eigenvalue weighted by atomic mass is 19.4. The van der Waals surface area contributed by atoms with Gasteiger partial charge in [-0.15, -0.1) is 0 Å². The molecule has 0 saturated heterocycles. The molecule has 0 aliphatic rings. The summed E-state index contributed by atoms with van der Waals surface area (Å²) < 4.78 is 37.2. The fourth-order valence-corrected chi connectivity index (χ4v) is 1.25. The number of hydrogen-bond donors (Lipinski definition) is 2. The predicted octanol–water partition coefficient (Wildman–Crippen LogP) is 1.77. The molecule has 92 valence electrons. The van der Waals surface area contributed by atoms with Gasteiger partial charge in [-0.1, -0.05) is 11.8 Å². The van der Waals surface area contributed by atoms with Crippen molar-refractivity contribution in [3.8, 4) is 11.8 Å². The average molecular weight is 243 g/mol. The summed E-state index contributed by atoms with van der Waals surface area (Å²) in [5.41, 5.74) is -0.181. The maximum Gasteiger partial charge on any atom is 0.416 e. The predicted molar refractivity (Wildman–Crippen MR) is 58.2 cm³/mol. The topological polar surface area (TPSA) is 32.3 Å². The Labute approximate surface area is 97.5 Å². The molecule has 2 N–H and O–H groups in total. The molecule has 0 aliphatic carbocycles. The monoisotopic (exact) mass is 243 g/mol. The van der Waals surface area contributed by atoms with E-state index in [0.717, 1.165) is 12.1 Å². The van der Waals surface area contributed by atoms with Crippen molar-refractivity contribution in [2.45, 2.75) is 12.8 Å². The van der Waals surface area contributed by atoms with Crippen molar-refractivity contribution in [2.24, 2.45) is 0 Å². The van der Waals surface area contributed by atoms with Crippen LogP contribution in [0.3, 0.4) is 0 Å². The van der Waals surface area contributed by atoms with E-state index in [1.54, 1.807) is 7.05 Å². The van der Waals surface area contributed by atoms with Gasteiger partial charge in [0.05, 0.1) is 18.7 Å². The van der Waals surface area contributed by atoms with Crippen molar-refractivity contribution in [2.75, 3.05) is 13.6 Å². The third kappa shape index (κ3) is 3.77. The number of benzene rings is 1. The van der Waals surface area contributed by atoms with Gasteiger partial charge < -0.3 is 10.4 Å². The molecule has 17 heavy (non-hydrogen) atoms. The van der Waals surface area contributed by atoms with Crippen molar-refractivity contribution < 1.29 is 18.3 Å². The number of aliphatic hydroxyl groups is 1. The van der Waals surface area contributed by atoms with Gasteiger partial charge in [0.2, 0.25) is 0 Å². The maximum atomic E-state index is 12.4. The first-order valence-corrected chi connectivity index (χ1v) is 4.93. The van der Waals surface area contributed by atoms with E-state index in [1.807, 2.05) is 0 Å². The summed E-state index contributed by atoms with van der Waals surface area (Å²) >= 11 is 0. The van der Waals surface area contributed by atoms with Crippen LogP contribution in [0, 0.1) is 11.8 Å². The molecule has 5 heteroatoms. The highest BCUT2D eigenvalue weighted by molar-refractivity contribution is 5.44. The van der Waals surface area contributed by atoms with E-state index in [2.05, 4.69) is 17.2 Å². The molecule has 0 spiro atoms. The Hall–Kier alpha value is -1.51. The van der Waals surface area contributed by atoms with Crippen LogP contribution < -0.4 is 5.32 Å². The number of hydrogen-bond acceptors (Lipinski definition) is 2. The fraction of sp³-hybridized carbons (Fsp3) is 0.333. The van der Waals surface area contributed by atoms with E-state index in [0.29, 0.717) is 12.1 Å². The standard InChI is InChI=1S/C12H12F3NO/c1-16-6-2-3-9-4-5-11(12(13,14)15)7-10(9)8-17/h4-5,7,16-17H,6,8H2,1H3. The lowest BCUT2D eigenvalue weighted by molar-refractivity contribution is -0.137. The summed E-state index contributed by atoms with van der Waals surface area (Å²) in [5, 5.41) is 11.8. The normalized spacial score (nSPS) is 10.9. The maximum absolute atomic E-state index is 12.4. The second-order valence-corrected chi connectivity index (χ2v) is 3.36. The van der Waals surface area contributed by atoms with E-state index < -0.39 is 18.3 Å². The summed E-state index contributed by atoms with van der Waals surface area (Å²) in [5.74, 6) is 5.43. The first kappa shape index (κ1) is 13.6. The van der Waals surface area contributed by atoms with E-state index >= 15 is 0 Å². The zero-order chi connectivity index (χ0) is 12.9. The SMILES string of the molecule is CNCC#Cc1ccc(C(F)(F)F)cc1CO. The van der Waals surface area contributed by atoms with Gasteiger partial charge in [0, 0.05) is 5.56 Å². The highest BCUT2D eigenvalue weighted by Crippen LogP contribution is 2.30. The van der Waals surface area contributed by atoms with Crippen molar-refractivity contribution >= 4 is 0 Å². The van der Waals surface area contributed by atoms with Gasteiger partial charge in [-0.2, -0.15) is 13.2 Å². The van der Waals surface area contributed by atoms with Crippen LogP contribution in [0.15, 0.2) is 18.2 Å². The summed E-state index contributed by atoms with van der Waals surface area (Å²) in [6.07, 6.45) is -4.40. The molecule has 0 atom stereocenters. The van der Waals surface area contributed by atoms with Crippen LogP contribution >= 0.6 is 0 Å². The largest absolute Gasteiger partial charge is 0.416 e. The summed E-state index contributed by atoms with van der Waals surface area (Å²) in [6, 6.07) is 3.16. The highest BCUT2D eigenvalue weighted by Gasteiger charge is 2.30. The summed E-state index contributed by atoms with van der Waals surface area (Å²) in [7, 11) is 1.72. The molecule has 1 rings (SSSR count). The van der Waals surface area contributed by atoms with Crippen LogP contribution in [-0.2, 0) is 12.8 Å². The quantitative estimate of drug-likeness (QED) is 0.776. The number of aliphatic hydroxyl groups excluding tert-OH is 1. The van der Waals surface area contributed by atoms with Crippen LogP contribution in [-0.4, -0.2) is 18.7 Å². The molecule has 0 heterocycles. The Morgan fingerprint density at radius 2 is 2.06 bits per heavy atom. The molecular formula is C12H12F3NO. The van der Waals surface area contributed by atoms with Crippen LogP contribution in [0.25, 0.3) is 0 Å². The van der Waals surface area contributed by atoms with Crippen LogP contribution in [0.2, 0.25) is 0 Å². The average Bonchev–Trinajstić information content (AvgIpc) is 2.28. The molecule has 0 aromatic heterocycles. The van der Waals surface area contributed by atoms with Crippen LogP contribution in [0.5, 0.6) is 0 Å². The molecular weight excluding hydrogens is 231 g/mol. The summed E-state index contributed by atoms with van der Waals surface area (Å²) in [4.78, 5) is 0. The van der Waals surface area contributed by atoms with Crippen LogP contribution in [0.1, 0.15) is 16.7 Å². The van der Waals surface area contributed by atoms with Crippen molar-refractivity contribution in [3.63, 3.8) is 0 Å². The third-order valence-electron chi connectivity index (χ3n) is 2.09. The molecule has 2 nitrogen and oxygen atoms in total. The van der Waals surface area contributed by atoms with Gasteiger partial charge >= 0.3 is 6.18 Å². The van der Waals surface area contributed by atoms with E-state index in [9.17, 15) is 13.2 Å². The lowest BCUT2D eigenvalue weighted by Crippen LogP contribution is -2.07.